The fourth-order valence-corrected chi connectivity index (χ4v) is 3.24. The summed E-state index contributed by atoms with van der Waals surface area (Å²) in [5, 5.41) is 10.5. The van der Waals surface area contributed by atoms with E-state index in [0.29, 0.717) is 11.6 Å². The van der Waals surface area contributed by atoms with Crippen LogP contribution in [0.25, 0.3) is 10.2 Å². The van der Waals surface area contributed by atoms with Crippen LogP contribution in [-0.4, -0.2) is 22.7 Å². The topological polar surface area (TPSA) is 68.7 Å². The molecular formula is C17H14ClNO4S. The zero-order valence-electron chi connectivity index (χ0n) is 12.8. The van der Waals surface area contributed by atoms with E-state index in [1.165, 1.54) is 23.5 Å². The number of thiazole rings is 1. The number of phenolic OH excluding ortho intramolecular Hbond substituents is 1. The number of phenols is 1. The molecule has 0 bridgehead atoms. The van der Waals surface area contributed by atoms with Gasteiger partial charge >= 0.3 is 5.97 Å². The van der Waals surface area contributed by atoms with Crippen LogP contribution < -0.4 is 4.74 Å². The third kappa shape index (κ3) is 3.44. The predicted molar refractivity (Wildman–Crippen MR) is 93.0 cm³/mol. The van der Waals surface area contributed by atoms with Crippen LogP contribution in [0.15, 0.2) is 36.4 Å². The van der Waals surface area contributed by atoms with Crippen LogP contribution in [-0.2, 0) is 11.3 Å². The Balaban J connectivity index is 1.74. The Labute approximate surface area is 147 Å². The Hall–Kier alpha value is -2.31. The average molecular weight is 364 g/mol. The van der Waals surface area contributed by atoms with Crippen LogP contribution in [0.3, 0.4) is 0 Å². The van der Waals surface area contributed by atoms with E-state index in [1.807, 2.05) is 24.3 Å². The van der Waals surface area contributed by atoms with Gasteiger partial charge < -0.3 is 14.6 Å². The maximum atomic E-state index is 12.2. The normalized spacial score (nSPS) is 10.8. The summed E-state index contributed by atoms with van der Waals surface area (Å²) in [5.74, 6) is -0.602. The summed E-state index contributed by atoms with van der Waals surface area (Å²) in [6.07, 6.45) is 0. The molecule has 0 saturated heterocycles. The molecular weight excluding hydrogens is 350 g/mol. The first-order chi connectivity index (χ1) is 11.6. The third-order valence-corrected chi connectivity index (χ3v) is 4.53. The highest BCUT2D eigenvalue weighted by Crippen LogP contribution is 2.35. The third-order valence-electron chi connectivity index (χ3n) is 3.23. The summed E-state index contributed by atoms with van der Waals surface area (Å²) in [5.41, 5.74) is 1.09. The average Bonchev–Trinajstić information content (AvgIpc) is 2.99. The molecule has 0 fully saturated rings. The van der Waals surface area contributed by atoms with E-state index in [-0.39, 0.29) is 28.7 Å². The lowest BCUT2D eigenvalue weighted by Crippen LogP contribution is -2.06. The van der Waals surface area contributed by atoms with E-state index in [4.69, 9.17) is 21.1 Å². The second-order valence-electron chi connectivity index (χ2n) is 4.89. The fraction of sp³-hybridized carbons (Fsp3) is 0.176. The summed E-state index contributed by atoms with van der Waals surface area (Å²) < 4.78 is 11.6. The number of rotatable bonds is 5. The smallest absolute Gasteiger partial charge is 0.338 e. The Kier molecular flexibility index (Phi) is 4.87. The maximum absolute atomic E-state index is 12.2. The van der Waals surface area contributed by atoms with Gasteiger partial charge in [0.25, 0.3) is 0 Å². The number of nitrogens with zero attached hydrogens (tertiary/aromatic N) is 1. The number of aromatic hydroxyl groups is 1. The molecule has 0 atom stereocenters. The van der Waals surface area contributed by atoms with Crippen molar-refractivity contribution in [2.24, 2.45) is 0 Å². The lowest BCUT2D eigenvalue weighted by molar-refractivity contribution is 0.0472. The van der Waals surface area contributed by atoms with Gasteiger partial charge in [-0.15, -0.1) is 11.3 Å². The van der Waals surface area contributed by atoms with E-state index in [0.717, 1.165) is 10.2 Å². The van der Waals surface area contributed by atoms with Crippen molar-refractivity contribution in [3.05, 3.63) is 52.0 Å². The lowest BCUT2D eigenvalue weighted by atomic mass is 10.2. The van der Waals surface area contributed by atoms with Gasteiger partial charge in [-0.1, -0.05) is 23.7 Å². The molecule has 0 saturated carbocycles. The predicted octanol–water partition coefficient (Wildman–Crippen LogP) is 4.41. The van der Waals surface area contributed by atoms with Crippen molar-refractivity contribution in [2.45, 2.75) is 13.5 Å². The summed E-state index contributed by atoms with van der Waals surface area (Å²) in [6, 6.07) is 10.5. The van der Waals surface area contributed by atoms with Gasteiger partial charge in [-0.05, 0) is 31.2 Å². The molecule has 0 amide bonds. The first kappa shape index (κ1) is 16.5. The minimum absolute atomic E-state index is 0.0351. The van der Waals surface area contributed by atoms with Crippen LogP contribution in [0, 0.1) is 0 Å². The number of para-hydroxylation sites is 1. The van der Waals surface area contributed by atoms with Crippen molar-refractivity contribution >= 4 is 39.1 Å². The van der Waals surface area contributed by atoms with Gasteiger partial charge in [0.1, 0.15) is 11.6 Å². The molecule has 0 aliphatic rings. The van der Waals surface area contributed by atoms with Crippen LogP contribution in [0.5, 0.6) is 11.5 Å². The number of hydrogen-bond acceptors (Lipinski definition) is 6. The van der Waals surface area contributed by atoms with E-state index in [9.17, 15) is 9.90 Å². The number of hydrogen-bond donors (Lipinski definition) is 1. The first-order valence-corrected chi connectivity index (χ1v) is 8.44. The quantitative estimate of drug-likeness (QED) is 0.680. The van der Waals surface area contributed by atoms with Crippen molar-refractivity contribution in [1.29, 1.82) is 0 Å². The van der Waals surface area contributed by atoms with Gasteiger partial charge in [0, 0.05) is 0 Å². The molecule has 3 aromatic rings. The molecule has 0 aliphatic carbocycles. The summed E-state index contributed by atoms with van der Waals surface area (Å²) in [4.78, 5) is 16.6. The van der Waals surface area contributed by atoms with Gasteiger partial charge in [0.15, 0.2) is 11.5 Å². The lowest BCUT2D eigenvalue weighted by Gasteiger charge is -2.09. The highest BCUT2D eigenvalue weighted by Gasteiger charge is 2.16. The molecule has 3 rings (SSSR count). The molecule has 1 aromatic heterocycles. The number of carbonyl (C=O) groups is 1. The Morgan fingerprint density at radius 1 is 1.33 bits per heavy atom. The van der Waals surface area contributed by atoms with Crippen LogP contribution in [0.4, 0.5) is 0 Å². The first-order valence-electron chi connectivity index (χ1n) is 7.25. The molecule has 0 unspecified atom stereocenters. The minimum atomic E-state index is -0.558. The van der Waals surface area contributed by atoms with Gasteiger partial charge in [-0.3, -0.25) is 0 Å². The molecule has 0 spiro atoms. The number of aromatic nitrogens is 1. The maximum Gasteiger partial charge on any atom is 0.338 e. The van der Waals surface area contributed by atoms with Gasteiger partial charge in [0.05, 0.1) is 27.4 Å². The largest absolute Gasteiger partial charge is 0.503 e. The number of esters is 1. The standard InChI is InChI=1S/C17H14ClNO4S/c1-2-22-13-8-10(7-11(18)16(13)20)17(21)23-9-15-19-12-5-3-4-6-14(12)24-15/h3-8,20H,2,9H2,1H3. The zero-order valence-corrected chi connectivity index (χ0v) is 14.4. The fourth-order valence-electron chi connectivity index (χ4n) is 2.15. The van der Waals surface area contributed by atoms with Crippen molar-refractivity contribution in [3.8, 4) is 11.5 Å². The van der Waals surface area contributed by atoms with Crippen molar-refractivity contribution in [2.75, 3.05) is 6.61 Å². The molecule has 2 aromatic carbocycles. The Morgan fingerprint density at radius 2 is 2.12 bits per heavy atom. The molecule has 1 N–H and O–H groups in total. The SMILES string of the molecule is CCOc1cc(C(=O)OCc2nc3ccccc3s2)cc(Cl)c1O. The van der Waals surface area contributed by atoms with Crippen LogP contribution in [0.1, 0.15) is 22.3 Å². The minimum Gasteiger partial charge on any atom is -0.503 e. The van der Waals surface area contributed by atoms with E-state index < -0.39 is 5.97 Å². The molecule has 0 aliphatic heterocycles. The van der Waals surface area contributed by atoms with Crippen molar-refractivity contribution in [3.63, 3.8) is 0 Å². The number of halogens is 1. The zero-order chi connectivity index (χ0) is 17.1. The summed E-state index contributed by atoms with van der Waals surface area (Å²) in [7, 11) is 0. The summed E-state index contributed by atoms with van der Waals surface area (Å²) in [6.45, 7) is 2.18. The molecule has 7 heteroatoms. The highest BCUT2D eigenvalue weighted by molar-refractivity contribution is 7.18. The highest BCUT2D eigenvalue weighted by atomic mass is 35.5. The second-order valence-corrected chi connectivity index (χ2v) is 6.41. The van der Waals surface area contributed by atoms with Crippen LogP contribution >= 0.6 is 22.9 Å². The summed E-state index contributed by atoms with van der Waals surface area (Å²) >= 11 is 7.39. The van der Waals surface area contributed by atoms with Gasteiger partial charge in [-0.2, -0.15) is 0 Å². The number of fused-ring (bicyclic) bond motifs is 1. The Morgan fingerprint density at radius 3 is 2.88 bits per heavy atom. The van der Waals surface area contributed by atoms with E-state index in [2.05, 4.69) is 4.98 Å². The van der Waals surface area contributed by atoms with Crippen molar-refractivity contribution < 1.29 is 19.4 Å². The molecule has 5 nitrogen and oxygen atoms in total. The van der Waals surface area contributed by atoms with Crippen LogP contribution in [0.2, 0.25) is 5.02 Å². The second kappa shape index (κ2) is 7.07. The van der Waals surface area contributed by atoms with Gasteiger partial charge in [-0.25, -0.2) is 9.78 Å². The number of carbonyl (C=O) groups excluding carboxylic acids is 1. The van der Waals surface area contributed by atoms with E-state index >= 15 is 0 Å². The van der Waals surface area contributed by atoms with E-state index in [1.54, 1.807) is 6.92 Å². The molecule has 24 heavy (non-hydrogen) atoms. The van der Waals surface area contributed by atoms with Crippen molar-refractivity contribution in [1.82, 2.24) is 4.98 Å². The molecule has 1 heterocycles. The number of benzene rings is 2. The molecule has 0 radical (unpaired) electrons. The molecule has 124 valence electrons. The number of ether oxygens (including phenoxy) is 2. The Bertz CT molecular complexity index is 860. The van der Waals surface area contributed by atoms with Gasteiger partial charge in [0.2, 0.25) is 0 Å². The monoisotopic (exact) mass is 363 g/mol.